The van der Waals surface area contributed by atoms with Crippen LogP contribution >= 0.6 is 10.9 Å². The van der Waals surface area contributed by atoms with Gasteiger partial charge in [0.1, 0.15) is 0 Å². The van der Waals surface area contributed by atoms with E-state index in [2.05, 4.69) is 10.8 Å². The van der Waals surface area contributed by atoms with Gasteiger partial charge in [0.25, 0.3) is 0 Å². The molecule has 0 aromatic heterocycles. The molecule has 0 amide bonds. The van der Waals surface area contributed by atoms with Crippen molar-refractivity contribution < 1.29 is 9.90 Å². The monoisotopic (exact) mass is 158 g/mol. The zero-order valence-electron chi connectivity index (χ0n) is 5.53. The molecule has 2 nitrogen and oxygen atoms in total. The number of rotatable bonds is 3. The summed E-state index contributed by atoms with van der Waals surface area (Å²) in [5.74, 6) is 0.0914. The Morgan fingerprint density at radius 1 is 1.40 bits per heavy atom. The van der Waals surface area contributed by atoms with Gasteiger partial charge in [0.05, 0.1) is 6.42 Å². The number of carboxylic acids is 1. The van der Waals surface area contributed by atoms with Crippen LogP contribution in [0, 0.1) is 0 Å². The van der Waals surface area contributed by atoms with Crippen LogP contribution in [0.1, 0.15) is 6.42 Å². The molecule has 0 radical (unpaired) electrons. The molecule has 10 heavy (non-hydrogen) atoms. The van der Waals surface area contributed by atoms with Gasteiger partial charge in [0, 0.05) is 0 Å². The highest BCUT2D eigenvalue weighted by atomic mass is 32.2. The highest BCUT2D eigenvalue weighted by Gasteiger charge is 2.01. The summed E-state index contributed by atoms with van der Waals surface area (Å²) in [7, 11) is -0.220. The zero-order chi connectivity index (χ0) is 7.40. The van der Waals surface area contributed by atoms with Crippen LogP contribution in [0.2, 0.25) is 0 Å². The molecule has 0 fully saturated rings. The SMILES string of the molecule is O=C(O)CC[SH]1C=CC=C1. The Morgan fingerprint density at radius 2 is 2.00 bits per heavy atom. The first kappa shape index (κ1) is 7.41. The van der Waals surface area contributed by atoms with Crippen LogP contribution in [0.5, 0.6) is 0 Å². The fourth-order valence-electron chi connectivity index (χ4n) is 0.744. The first-order valence-electron chi connectivity index (χ1n) is 3.11. The summed E-state index contributed by atoms with van der Waals surface area (Å²) in [6, 6.07) is 0. The van der Waals surface area contributed by atoms with Crippen LogP contribution in [-0.2, 0) is 4.79 Å². The topological polar surface area (TPSA) is 37.3 Å². The Kier molecular flexibility index (Phi) is 2.57. The van der Waals surface area contributed by atoms with Gasteiger partial charge in [-0.05, 0) is 16.6 Å². The van der Waals surface area contributed by atoms with Gasteiger partial charge in [-0.1, -0.05) is 12.2 Å². The van der Waals surface area contributed by atoms with Crippen molar-refractivity contribution in [3.63, 3.8) is 0 Å². The lowest BCUT2D eigenvalue weighted by Crippen LogP contribution is -1.96. The van der Waals surface area contributed by atoms with Gasteiger partial charge in [0.2, 0.25) is 0 Å². The van der Waals surface area contributed by atoms with Crippen LogP contribution < -0.4 is 0 Å². The Hall–Kier alpha value is -0.700. The summed E-state index contributed by atoms with van der Waals surface area (Å²) in [6.45, 7) is 0. The largest absolute Gasteiger partial charge is 0.481 e. The molecule has 1 rings (SSSR count). The highest BCUT2D eigenvalue weighted by Crippen LogP contribution is 2.32. The fraction of sp³-hybridized carbons (Fsp3) is 0.286. The number of allylic oxidation sites excluding steroid dienone is 2. The number of carboxylic acid groups (broad SMARTS) is 1. The van der Waals surface area contributed by atoms with Crippen LogP contribution in [0.4, 0.5) is 0 Å². The minimum absolute atomic E-state index is 0.220. The number of hydrogen-bond acceptors (Lipinski definition) is 1. The molecule has 3 heteroatoms. The third kappa shape index (κ3) is 2.27. The number of carbonyl (C=O) groups is 1. The molecule has 0 atom stereocenters. The van der Waals surface area contributed by atoms with Crippen LogP contribution in [-0.4, -0.2) is 16.8 Å². The number of hydrogen-bond donors (Lipinski definition) is 2. The molecule has 1 aliphatic rings. The van der Waals surface area contributed by atoms with Crippen molar-refractivity contribution in [2.24, 2.45) is 0 Å². The van der Waals surface area contributed by atoms with Gasteiger partial charge in [-0.2, -0.15) is 0 Å². The lowest BCUT2D eigenvalue weighted by molar-refractivity contribution is -0.136. The second-order valence-electron chi connectivity index (χ2n) is 2.06. The minimum atomic E-state index is -0.698. The maximum absolute atomic E-state index is 10.1. The average Bonchev–Trinajstić information content (AvgIpc) is 2.34. The Bertz CT molecular complexity index is 172. The van der Waals surface area contributed by atoms with E-state index in [0.717, 1.165) is 5.75 Å². The molecular weight excluding hydrogens is 148 g/mol. The summed E-state index contributed by atoms with van der Waals surface area (Å²) in [4.78, 5) is 10.1. The van der Waals surface area contributed by atoms with E-state index >= 15 is 0 Å². The summed E-state index contributed by atoms with van der Waals surface area (Å²) in [6.07, 6.45) is 4.25. The molecule has 1 heterocycles. The molecule has 0 aliphatic carbocycles. The molecule has 1 N–H and O–H groups in total. The second kappa shape index (κ2) is 3.46. The molecule has 0 aromatic carbocycles. The Morgan fingerprint density at radius 3 is 2.50 bits per heavy atom. The molecule has 0 spiro atoms. The van der Waals surface area contributed by atoms with E-state index < -0.39 is 5.97 Å². The average molecular weight is 158 g/mol. The standard InChI is InChI=1S/C7H10O2S/c8-7(9)3-6-10-4-1-2-5-10/h1-2,4-5,10H,3,6H2,(H,8,9). The molecule has 1 aliphatic heterocycles. The minimum Gasteiger partial charge on any atom is -0.481 e. The van der Waals surface area contributed by atoms with Crippen molar-refractivity contribution in [2.75, 3.05) is 5.75 Å². The molecule has 0 unspecified atom stereocenters. The molecule has 0 saturated carbocycles. The van der Waals surface area contributed by atoms with Crippen molar-refractivity contribution in [2.45, 2.75) is 6.42 Å². The van der Waals surface area contributed by atoms with Gasteiger partial charge >= 0.3 is 5.97 Å². The van der Waals surface area contributed by atoms with Gasteiger partial charge in [-0.25, -0.2) is 10.9 Å². The highest BCUT2D eigenvalue weighted by molar-refractivity contribution is 8.22. The maximum Gasteiger partial charge on any atom is 0.304 e. The van der Waals surface area contributed by atoms with Crippen molar-refractivity contribution in [3.05, 3.63) is 23.0 Å². The predicted octanol–water partition coefficient (Wildman–Crippen LogP) is 1.50. The first-order chi connectivity index (χ1) is 4.79. The third-order valence-corrected chi connectivity index (χ3v) is 3.10. The summed E-state index contributed by atoms with van der Waals surface area (Å²) in [5.41, 5.74) is 0. The van der Waals surface area contributed by atoms with E-state index in [9.17, 15) is 4.79 Å². The van der Waals surface area contributed by atoms with Crippen molar-refractivity contribution >= 4 is 16.9 Å². The van der Waals surface area contributed by atoms with Crippen molar-refractivity contribution in [1.29, 1.82) is 0 Å². The van der Waals surface area contributed by atoms with E-state index in [1.165, 1.54) is 0 Å². The summed E-state index contributed by atoms with van der Waals surface area (Å²) < 4.78 is 0. The normalized spacial score (nSPS) is 18.2. The van der Waals surface area contributed by atoms with Crippen LogP contribution in [0.15, 0.2) is 23.0 Å². The molecule has 0 bridgehead atoms. The van der Waals surface area contributed by atoms with Crippen molar-refractivity contribution in [3.8, 4) is 0 Å². The van der Waals surface area contributed by atoms with E-state index in [0.29, 0.717) is 6.42 Å². The van der Waals surface area contributed by atoms with Crippen LogP contribution in [0.25, 0.3) is 0 Å². The third-order valence-electron chi connectivity index (χ3n) is 1.25. The molecule has 56 valence electrons. The van der Waals surface area contributed by atoms with Gasteiger partial charge in [-0.3, -0.25) is 4.79 Å². The van der Waals surface area contributed by atoms with E-state index in [-0.39, 0.29) is 10.9 Å². The first-order valence-corrected chi connectivity index (χ1v) is 4.78. The summed E-state index contributed by atoms with van der Waals surface area (Å²) >= 11 is 0. The Balaban J connectivity index is 2.20. The fourth-order valence-corrected chi connectivity index (χ4v) is 2.23. The van der Waals surface area contributed by atoms with Gasteiger partial charge in [0.15, 0.2) is 0 Å². The lowest BCUT2D eigenvalue weighted by Gasteiger charge is -2.05. The maximum atomic E-state index is 10.1. The molecule has 0 aromatic rings. The van der Waals surface area contributed by atoms with E-state index in [4.69, 9.17) is 5.11 Å². The van der Waals surface area contributed by atoms with Crippen molar-refractivity contribution in [1.82, 2.24) is 0 Å². The smallest absolute Gasteiger partial charge is 0.304 e. The second-order valence-corrected chi connectivity index (χ2v) is 4.14. The summed E-state index contributed by atoms with van der Waals surface area (Å²) in [5, 5.41) is 12.5. The Labute approximate surface area is 62.6 Å². The van der Waals surface area contributed by atoms with Gasteiger partial charge in [-0.15, -0.1) is 0 Å². The zero-order valence-corrected chi connectivity index (χ0v) is 6.42. The molecule has 0 saturated heterocycles. The van der Waals surface area contributed by atoms with E-state index in [1.54, 1.807) is 0 Å². The predicted molar refractivity (Wildman–Crippen MR) is 44.4 cm³/mol. The lowest BCUT2D eigenvalue weighted by atomic mass is 10.5. The number of thiol groups is 1. The van der Waals surface area contributed by atoms with Gasteiger partial charge < -0.3 is 5.11 Å². The van der Waals surface area contributed by atoms with Crippen LogP contribution in [0.3, 0.4) is 0 Å². The quantitative estimate of drug-likeness (QED) is 0.611. The van der Waals surface area contributed by atoms with E-state index in [1.807, 2.05) is 12.2 Å². The number of aliphatic carboxylic acids is 1. The molecular formula is C7H10O2S.